The van der Waals surface area contributed by atoms with Crippen LogP contribution in [0.2, 0.25) is 0 Å². The molecule has 0 spiro atoms. The smallest absolute Gasteiger partial charge is 0.265 e. The van der Waals surface area contributed by atoms with Crippen LogP contribution < -0.4 is 5.32 Å². The summed E-state index contributed by atoms with van der Waals surface area (Å²) in [6.45, 7) is -0.193. The fourth-order valence-corrected chi connectivity index (χ4v) is 1.80. The number of nitrogens with one attached hydrogen (secondary N) is 1. The third-order valence-electron chi connectivity index (χ3n) is 2.64. The van der Waals surface area contributed by atoms with Crippen LogP contribution in [-0.2, 0) is 12.8 Å². The van der Waals surface area contributed by atoms with Gasteiger partial charge in [-0.1, -0.05) is 0 Å². The van der Waals surface area contributed by atoms with E-state index < -0.39 is 12.5 Å². The molecule has 0 bridgehead atoms. The zero-order chi connectivity index (χ0) is 11.5. The van der Waals surface area contributed by atoms with Crippen molar-refractivity contribution in [1.29, 1.82) is 0 Å². The molecule has 1 aliphatic carbocycles. The van der Waals surface area contributed by atoms with Gasteiger partial charge in [-0.25, -0.2) is 18.7 Å². The van der Waals surface area contributed by atoms with Crippen molar-refractivity contribution in [2.75, 3.05) is 11.9 Å². The molecule has 1 heterocycles. The molecule has 0 aliphatic heterocycles. The van der Waals surface area contributed by atoms with Crippen LogP contribution in [0.15, 0.2) is 6.33 Å². The first-order chi connectivity index (χ1) is 7.68. The van der Waals surface area contributed by atoms with Crippen LogP contribution in [0.5, 0.6) is 0 Å². The molecule has 0 amide bonds. The van der Waals surface area contributed by atoms with Crippen molar-refractivity contribution in [2.24, 2.45) is 0 Å². The maximum Gasteiger partial charge on any atom is 0.265 e. The molecule has 1 unspecified atom stereocenters. The molecule has 4 nitrogen and oxygen atoms in total. The lowest BCUT2D eigenvalue weighted by Crippen LogP contribution is -2.27. The number of aromatic nitrogens is 2. The summed E-state index contributed by atoms with van der Waals surface area (Å²) in [4.78, 5) is 8.12. The normalized spacial score (nSPS) is 16.2. The van der Waals surface area contributed by atoms with Crippen LogP contribution in [-0.4, -0.2) is 34.1 Å². The van der Waals surface area contributed by atoms with Gasteiger partial charge in [0.05, 0.1) is 0 Å². The number of halogens is 2. The molecule has 0 radical (unpaired) electrons. The molecule has 0 fully saturated rings. The topological polar surface area (TPSA) is 58.0 Å². The van der Waals surface area contributed by atoms with Crippen LogP contribution in [0, 0.1) is 0 Å². The molecule has 88 valence electrons. The van der Waals surface area contributed by atoms with Crippen molar-refractivity contribution >= 4 is 5.82 Å². The van der Waals surface area contributed by atoms with Crippen LogP contribution in [0.4, 0.5) is 14.6 Å². The lowest BCUT2D eigenvalue weighted by Gasteiger charge is -2.13. The largest absolute Gasteiger partial charge is 0.385 e. The average Bonchev–Trinajstić information content (AvgIpc) is 2.73. The Balaban J connectivity index is 2.03. The minimum Gasteiger partial charge on any atom is -0.385 e. The molecule has 0 saturated carbocycles. The number of aliphatic hydroxyl groups excluding tert-OH is 1. The Labute approximate surface area is 91.7 Å². The number of nitrogens with zero attached hydrogens (tertiary/aromatic N) is 2. The summed E-state index contributed by atoms with van der Waals surface area (Å²) < 4.78 is 24.2. The molecule has 1 aliphatic rings. The lowest BCUT2D eigenvalue weighted by molar-refractivity contribution is 0.00380. The summed E-state index contributed by atoms with van der Waals surface area (Å²) in [5.41, 5.74) is 1.97. The number of hydrogen-bond acceptors (Lipinski definition) is 4. The Bertz CT molecular complexity index is 373. The predicted octanol–water partition coefficient (Wildman–Crippen LogP) is 1.00. The highest BCUT2D eigenvalue weighted by atomic mass is 19.3. The van der Waals surface area contributed by atoms with Crippen LogP contribution in [0.3, 0.4) is 0 Å². The Kier molecular flexibility index (Phi) is 3.28. The third-order valence-corrected chi connectivity index (χ3v) is 2.64. The maximum absolute atomic E-state index is 12.1. The van der Waals surface area contributed by atoms with E-state index in [9.17, 15) is 8.78 Å². The first-order valence-electron chi connectivity index (χ1n) is 5.21. The lowest BCUT2D eigenvalue weighted by atomic mass is 10.2. The van der Waals surface area contributed by atoms with Gasteiger partial charge < -0.3 is 10.4 Å². The molecule has 2 rings (SSSR count). The standard InChI is InChI=1S/C10H13F2N3O/c11-9(12)8(16)4-13-10-6-2-1-3-7(6)14-5-15-10/h5,8-9,16H,1-4H2,(H,13,14,15). The molecule has 0 saturated heterocycles. The number of hydrogen-bond donors (Lipinski definition) is 2. The van der Waals surface area contributed by atoms with Gasteiger partial charge in [0.25, 0.3) is 6.43 Å². The fourth-order valence-electron chi connectivity index (χ4n) is 1.80. The van der Waals surface area contributed by atoms with Gasteiger partial charge in [0.2, 0.25) is 0 Å². The third kappa shape index (κ3) is 2.27. The average molecular weight is 229 g/mol. The second-order valence-corrected chi connectivity index (χ2v) is 3.78. The van der Waals surface area contributed by atoms with Gasteiger partial charge in [0.1, 0.15) is 18.2 Å². The van der Waals surface area contributed by atoms with Gasteiger partial charge in [-0.2, -0.15) is 0 Å². The van der Waals surface area contributed by atoms with E-state index in [2.05, 4.69) is 15.3 Å². The van der Waals surface area contributed by atoms with Gasteiger partial charge in [-0.05, 0) is 19.3 Å². The van der Waals surface area contributed by atoms with Gasteiger partial charge in [0, 0.05) is 17.8 Å². The zero-order valence-corrected chi connectivity index (χ0v) is 8.66. The number of alkyl halides is 2. The van der Waals surface area contributed by atoms with E-state index in [-0.39, 0.29) is 6.54 Å². The van der Waals surface area contributed by atoms with E-state index in [1.807, 2.05) is 0 Å². The zero-order valence-electron chi connectivity index (χ0n) is 8.66. The minimum atomic E-state index is -2.73. The van der Waals surface area contributed by atoms with Gasteiger partial charge in [0.15, 0.2) is 0 Å². The second-order valence-electron chi connectivity index (χ2n) is 3.78. The molecule has 0 aromatic carbocycles. The Morgan fingerprint density at radius 1 is 1.38 bits per heavy atom. The monoisotopic (exact) mass is 229 g/mol. The van der Waals surface area contributed by atoms with E-state index in [0.29, 0.717) is 5.82 Å². The Morgan fingerprint density at radius 2 is 2.19 bits per heavy atom. The van der Waals surface area contributed by atoms with Gasteiger partial charge in [-0.15, -0.1) is 0 Å². The van der Waals surface area contributed by atoms with E-state index in [1.54, 1.807) is 0 Å². The maximum atomic E-state index is 12.1. The molecule has 1 aromatic rings. The number of anilines is 1. The molecule has 6 heteroatoms. The Morgan fingerprint density at radius 3 is 2.94 bits per heavy atom. The number of rotatable bonds is 4. The van der Waals surface area contributed by atoms with Gasteiger partial charge in [-0.3, -0.25) is 0 Å². The van der Waals surface area contributed by atoms with Crippen LogP contribution in [0.1, 0.15) is 17.7 Å². The first kappa shape index (κ1) is 11.2. The molecular formula is C10H13F2N3O. The second kappa shape index (κ2) is 4.69. The predicted molar refractivity (Wildman–Crippen MR) is 54.6 cm³/mol. The summed E-state index contributed by atoms with van der Waals surface area (Å²) in [6.07, 6.45) is -0.191. The van der Waals surface area contributed by atoms with Crippen LogP contribution >= 0.6 is 0 Å². The summed E-state index contributed by atoms with van der Waals surface area (Å²) in [5.74, 6) is 0.571. The van der Waals surface area contributed by atoms with E-state index in [4.69, 9.17) is 5.11 Å². The highest BCUT2D eigenvalue weighted by molar-refractivity contribution is 5.47. The number of aliphatic hydroxyl groups is 1. The molecule has 2 N–H and O–H groups in total. The van der Waals surface area contributed by atoms with E-state index in [1.165, 1.54) is 6.33 Å². The van der Waals surface area contributed by atoms with Crippen molar-refractivity contribution in [3.8, 4) is 0 Å². The van der Waals surface area contributed by atoms with E-state index >= 15 is 0 Å². The summed E-state index contributed by atoms with van der Waals surface area (Å²) >= 11 is 0. The summed E-state index contributed by atoms with van der Waals surface area (Å²) in [5, 5.41) is 11.7. The SMILES string of the molecule is OC(CNc1ncnc2c1CCC2)C(F)F. The fraction of sp³-hybridized carbons (Fsp3) is 0.600. The van der Waals surface area contributed by atoms with E-state index in [0.717, 1.165) is 30.5 Å². The minimum absolute atomic E-state index is 0.193. The van der Waals surface area contributed by atoms with Crippen molar-refractivity contribution in [1.82, 2.24) is 9.97 Å². The summed E-state index contributed by atoms with van der Waals surface area (Å²) in [6, 6.07) is 0. The molecule has 1 atom stereocenters. The van der Waals surface area contributed by atoms with Crippen LogP contribution in [0.25, 0.3) is 0 Å². The number of fused-ring (bicyclic) bond motifs is 1. The highest BCUT2D eigenvalue weighted by Crippen LogP contribution is 2.24. The number of aryl methyl sites for hydroxylation is 1. The highest BCUT2D eigenvalue weighted by Gasteiger charge is 2.20. The Hall–Kier alpha value is -1.30. The molecule has 1 aromatic heterocycles. The van der Waals surface area contributed by atoms with Gasteiger partial charge >= 0.3 is 0 Å². The van der Waals surface area contributed by atoms with Crippen molar-refractivity contribution in [3.05, 3.63) is 17.6 Å². The van der Waals surface area contributed by atoms with Crippen molar-refractivity contribution in [2.45, 2.75) is 31.8 Å². The van der Waals surface area contributed by atoms with Crippen molar-refractivity contribution in [3.63, 3.8) is 0 Å². The molecule has 16 heavy (non-hydrogen) atoms. The quantitative estimate of drug-likeness (QED) is 0.808. The summed E-state index contributed by atoms with van der Waals surface area (Å²) in [7, 11) is 0. The molecular weight excluding hydrogens is 216 g/mol. The van der Waals surface area contributed by atoms with Crippen molar-refractivity contribution < 1.29 is 13.9 Å². The first-order valence-corrected chi connectivity index (χ1v) is 5.21.